The van der Waals surface area contributed by atoms with Gasteiger partial charge in [0.15, 0.2) is 0 Å². The van der Waals surface area contributed by atoms with E-state index in [0.29, 0.717) is 0 Å². The van der Waals surface area contributed by atoms with E-state index >= 15 is 0 Å². The summed E-state index contributed by atoms with van der Waals surface area (Å²) in [6, 6.07) is 0. The Morgan fingerprint density at radius 2 is 2.08 bits per heavy atom. The molecule has 2 heterocycles. The van der Waals surface area contributed by atoms with E-state index < -0.39 is 0 Å². The van der Waals surface area contributed by atoms with Gasteiger partial charge >= 0.3 is 0 Å². The van der Waals surface area contributed by atoms with Crippen molar-refractivity contribution in [3.05, 3.63) is 10.8 Å². The number of aromatic nitrogens is 2. The van der Waals surface area contributed by atoms with E-state index in [1.54, 1.807) is 0 Å². The molecule has 1 saturated heterocycles. The Balaban J connectivity index is 2.25. The number of rotatable bonds is 1. The molecule has 4 heteroatoms. The molecule has 0 atom stereocenters. The molecular formula is C8H12BrN3. The predicted octanol–water partition coefficient (Wildman–Crippen LogP) is 1.78. The number of hydrogen-bond donors (Lipinski definition) is 0. The third-order valence-electron chi connectivity index (χ3n) is 2.21. The van der Waals surface area contributed by atoms with Crippen molar-refractivity contribution in [1.82, 2.24) is 9.55 Å². The SMILES string of the molecule is Cn1cc(Br)nc1N1CCCC1. The normalized spacial score (nSPS) is 17.3. The summed E-state index contributed by atoms with van der Waals surface area (Å²) in [5.41, 5.74) is 0. The van der Waals surface area contributed by atoms with Crippen molar-refractivity contribution in [3.8, 4) is 0 Å². The molecule has 1 fully saturated rings. The lowest BCUT2D eigenvalue weighted by Gasteiger charge is -2.15. The van der Waals surface area contributed by atoms with Crippen molar-refractivity contribution in [1.29, 1.82) is 0 Å². The fraction of sp³-hybridized carbons (Fsp3) is 0.625. The van der Waals surface area contributed by atoms with Crippen LogP contribution in [-0.4, -0.2) is 22.6 Å². The fourth-order valence-corrected chi connectivity index (χ4v) is 2.10. The van der Waals surface area contributed by atoms with Gasteiger partial charge in [-0.25, -0.2) is 4.98 Å². The third-order valence-corrected chi connectivity index (χ3v) is 2.59. The van der Waals surface area contributed by atoms with Crippen LogP contribution in [0.25, 0.3) is 0 Å². The van der Waals surface area contributed by atoms with Crippen LogP contribution < -0.4 is 4.90 Å². The summed E-state index contributed by atoms with van der Waals surface area (Å²) in [6.07, 6.45) is 4.59. The van der Waals surface area contributed by atoms with Gasteiger partial charge in [-0.05, 0) is 28.8 Å². The molecule has 1 aliphatic heterocycles. The number of nitrogens with zero attached hydrogens (tertiary/aromatic N) is 3. The average molecular weight is 230 g/mol. The summed E-state index contributed by atoms with van der Waals surface area (Å²) < 4.78 is 2.99. The minimum atomic E-state index is 0.923. The van der Waals surface area contributed by atoms with E-state index in [9.17, 15) is 0 Å². The summed E-state index contributed by atoms with van der Waals surface area (Å²) in [7, 11) is 2.03. The minimum absolute atomic E-state index is 0.923. The Kier molecular flexibility index (Phi) is 2.09. The van der Waals surface area contributed by atoms with Crippen LogP contribution in [0, 0.1) is 0 Å². The second-order valence-corrected chi connectivity index (χ2v) is 3.98. The molecule has 1 aromatic rings. The third kappa shape index (κ3) is 1.35. The highest BCUT2D eigenvalue weighted by atomic mass is 79.9. The monoisotopic (exact) mass is 229 g/mol. The van der Waals surface area contributed by atoms with Crippen molar-refractivity contribution in [2.45, 2.75) is 12.8 Å². The van der Waals surface area contributed by atoms with Crippen LogP contribution >= 0.6 is 15.9 Å². The molecule has 1 aromatic heterocycles. The predicted molar refractivity (Wildman–Crippen MR) is 52.4 cm³/mol. The first-order chi connectivity index (χ1) is 5.77. The highest BCUT2D eigenvalue weighted by Crippen LogP contribution is 2.20. The number of aryl methyl sites for hydroxylation is 1. The van der Waals surface area contributed by atoms with Gasteiger partial charge in [-0.2, -0.15) is 0 Å². The van der Waals surface area contributed by atoms with E-state index in [1.807, 2.05) is 13.2 Å². The average Bonchev–Trinajstić information content (AvgIpc) is 2.58. The summed E-state index contributed by atoms with van der Waals surface area (Å²) in [6.45, 7) is 2.30. The topological polar surface area (TPSA) is 21.1 Å². The number of anilines is 1. The highest BCUT2D eigenvalue weighted by molar-refractivity contribution is 9.10. The van der Waals surface area contributed by atoms with Gasteiger partial charge in [0.2, 0.25) is 5.95 Å². The van der Waals surface area contributed by atoms with E-state index in [4.69, 9.17) is 0 Å². The molecule has 0 aliphatic carbocycles. The van der Waals surface area contributed by atoms with Gasteiger partial charge in [-0.15, -0.1) is 0 Å². The zero-order valence-corrected chi connectivity index (χ0v) is 8.71. The van der Waals surface area contributed by atoms with Gasteiger partial charge in [0.05, 0.1) is 0 Å². The molecular weight excluding hydrogens is 218 g/mol. The molecule has 0 aromatic carbocycles. The molecule has 0 saturated carbocycles. The lowest BCUT2D eigenvalue weighted by molar-refractivity contribution is 0.822. The van der Waals surface area contributed by atoms with E-state index in [-0.39, 0.29) is 0 Å². The first-order valence-electron chi connectivity index (χ1n) is 4.21. The number of imidazole rings is 1. The van der Waals surface area contributed by atoms with Gasteiger partial charge in [0, 0.05) is 26.3 Å². The maximum atomic E-state index is 4.40. The van der Waals surface area contributed by atoms with Crippen LogP contribution in [0.15, 0.2) is 10.8 Å². The maximum absolute atomic E-state index is 4.40. The molecule has 0 unspecified atom stereocenters. The Labute approximate surface area is 80.5 Å². The zero-order chi connectivity index (χ0) is 8.55. The van der Waals surface area contributed by atoms with Crippen molar-refractivity contribution in [2.75, 3.05) is 18.0 Å². The lowest BCUT2D eigenvalue weighted by Crippen LogP contribution is -2.21. The zero-order valence-electron chi connectivity index (χ0n) is 7.13. The van der Waals surface area contributed by atoms with E-state index in [0.717, 1.165) is 23.6 Å². The number of halogens is 1. The Hall–Kier alpha value is -0.510. The van der Waals surface area contributed by atoms with Gasteiger partial charge in [-0.1, -0.05) is 0 Å². The van der Waals surface area contributed by atoms with Crippen molar-refractivity contribution >= 4 is 21.9 Å². The lowest BCUT2D eigenvalue weighted by atomic mass is 10.4. The quantitative estimate of drug-likeness (QED) is 0.733. The van der Waals surface area contributed by atoms with Gasteiger partial charge in [0.25, 0.3) is 0 Å². The molecule has 3 nitrogen and oxygen atoms in total. The van der Waals surface area contributed by atoms with Crippen LogP contribution in [0.1, 0.15) is 12.8 Å². The van der Waals surface area contributed by atoms with Crippen molar-refractivity contribution in [3.63, 3.8) is 0 Å². The fourth-order valence-electron chi connectivity index (χ4n) is 1.63. The largest absolute Gasteiger partial charge is 0.342 e. The van der Waals surface area contributed by atoms with Crippen LogP contribution in [0.5, 0.6) is 0 Å². The molecule has 0 radical (unpaired) electrons. The second kappa shape index (κ2) is 3.09. The Bertz CT molecular complexity index is 276. The Morgan fingerprint density at radius 1 is 1.42 bits per heavy atom. The molecule has 0 amide bonds. The highest BCUT2D eigenvalue weighted by Gasteiger charge is 2.16. The molecule has 12 heavy (non-hydrogen) atoms. The van der Waals surface area contributed by atoms with Crippen LogP contribution in [0.2, 0.25) is 0 Å². The summed E-state index contributed by atoms with van der Waals surface area (Å²) in [5, 5.41) is 0. The molecule has 2 rings (SSSR count). The molecule has 0 bridgehead atoms. The Morgan fingerprint density at radius 3 is 2.58 bits per heavy atom. The molecule has 66 valence electrons. The second-order valence-electron chi connectivity index (χ2n) is 3.17. The molecule has 0 N–H and O–H groups in total. The summed E-state index contributed by atoms with van der Waals surface area (Å²) in [5.74, 6) is 1.08. The summed E-state index contributed by atoms with van der Waals surface area (Å²) in [4.78, 5) is 6.72. The first kappa shape index (κ1) is 8.10. The van der Waals surface area contributed by atoms with E-state index in [1.165, 1.54) is 12.8 Å². The summed E-state index contributed by atoms with van der Waals surface area (Å²) >= 11 is 3.37. The van der Waals surface area contributed by atoms with Crippen LogP contribution in [0.3, 0.4) is 0 Å². The smallest absolute Gasteiger partial charge is 0.206 e. The van der Waals surface area contributed by atoms with Gasteiger partial charge < -0.3 is 9.47 Å². The minimum Gasteiger partial charge on any atom is -0.342 e. The van der Waals surface area contributed by atoms with Crippen molar-refractivity contribution < 1.29 is 0 Å². The number of hydrogen-bond acceptors (Lipinski definition) is 2. The van der Waals surface area contributed by atoms with Crippen molar-refractivity contribution in [2.24, 2.45) is 7.05 Å². The van der Waals surface area contributed by atoms with Gasteiger partial charge in [-0.3, -0.25) is 0 Å². The molecule has 0 spiro atoms. The first-order valence-corrected chi connectivity index (χ1v) is 5.00. The maximum Gasteiger partial charge on any atom is 0.206 e. The van der Waals surface area contributed by atoms with Crippen LogP contribution in [-0.2, 0) is 7.05 Å². The van der Waals surface area contributed by atoms with Gasteiger partial charge in [0.1, 0.15) is 4.60 Å². The molecule has 1 aliphatic rings. The van der Waals surface area contributed by atoms with E-state index in [2.05, 4.69) is 30.4 Å². The van der Waals surface area contributed by atoms with Crippen LogP contribution in [0.4, 0.5) is 5.95 Å². The standard InChI is InChI=1S/C8H12BrN3/c1-11-6-7(9)10-8(11)12-4-2-3-5-12/h6H,2-5H2,1H3.